The average molecular weight is 401 g/mol. The van der Waals surface area contributed by atoms with Crippen LogP contribution >= 0.6 is 11.3 Å². The van der Waals surface area contributed by atoms with Crippen LogP contribution in [0, 0.1) is 18.8 Å². The van der Waals surface area contributed by atoms with E-state index in [0.717, 1.165) is 43.2 Å². The van der Waals surface area contributed by atoms with Crippen LogP contribution in [0.2, 0.25) is 0 Å². The number of carbonyl (C=O) groups is 2. The van der Waals surface area contributed by atoms with Gasteiger partial charge in [0.15, 0.2) is 0 Å². The van der Waals surface area contributed by atoms with E-state index in [1.54, 1.807) is 17.4 Å². The SMILES string of the molecule is Cc1nc(CN2CCC(C(=O)Nc3cccc(NC(=O)C(C)C)c3)CC2)cs1. The molecule has 1 aromatic carbocycles. The van der Waals surface area contributed by atoms with Crippen molar-refractivity contribution in [1.29, 1.82) is 0 Å². The minimum atomic E-state index is -0.0865. The van der Waals surface area contributed by atoms with Crippen molar-refractivity contribution in [2.45, 2.75) is 40.2 Å². The topological polar surface area (TPSA) is 74.3 Å². The molecule has 0 bridgehead atoms. The number of nitrogens with zero attached hydrogens (tertiary/aromatic N) is 2. The third-order valence-electron chi connectivity index (χ3n) is 4.93. The van der Waals surface area contributed by atoms with Crippen molar-refractivity contribution in [3.05, 3.63) is 40.3 Å². The van der Waals surface area contributed by atoms with Crippen LogP contribution < -0.4 is 10.6 Å². The molecule has 0 aliphatic carbocycles. The monoisotopic (exact) mass is 400 g/mol. The standard InChI is InChI=1S/C21H28N4O2S/c1-14(2)20(26)23-17-5-4-6-18(11-17)24-21(27)16-7-9-25(10-8-16)12-19-13-28-15(3)22-19/h4-6,11,13-14,16H,7-10,12H2,1-3H3,(H,23,26)(H,24,27). The molecule has 150 valence electrons. The van der Waals surface area contributed by atoms with Crippen LogP contribution in [0.15, 0.2) is 29.6 Å². The first-order chi connectivity index (χ1) is 13.4. The number of piperidine rings is 1. The number of nitrogens with one attached hydrogen (secondary N) is 2. The van der Waals surface area contributed by atoms with Gasteiger partial charge in [-0.2, -0.15) is 0 Å². The Morgan fingerprint density at radius 3 is 2.50 bits per heavy atom. The lowest BCUT2D eigenvalue weighted by Gasteiger charge is -2.30. The highest BCUT2D eigenvalue weighted by atomic mass is 32.1. The summed E-state index contributed by atoms with van der Waals surface area (Å²) in [5.41, 5.74) is 2.53. The van der Waals surface area contributed by atoms with E-state index in [1.807, 2.05) is 39.0 Å². The van der Waals surface area contributed by atoms with Gasteiger partial charge in [-0.05, 0) is 51.1 Å². The molecule has 1 fully saturated rings. The Kier molecular flexibility index (Phi) is 6.80. The summed E-state index contributed by atoms with van der Waals surface area (Å²) < 4.78 is 0. The van der Waals surface area contributed by atoms with Crippen molar-refractivity contribution in [1.82, 2.24) is 9.88 Å². The van der Waals surface area contributed by atoms with Gasteiger partial charge in [-0.25, -0.2) is 4.98 Å². The second-order valence-electron chi connectivity index (χ2n) is 7.62. The first kappa shape index (κ1) is 20.5. The van der Waals surface area contributed by atoms with Crippen molar-refractivity contribution >= 4 is 34.5 Å². The lowest BCUT2D eigenvalue weighted by molar-refractivity contribution is -0.121. The Hall–Kier alpha value is -2.25. The van der Waals surface area contributed by atoms with Gasteiger partial charge < -0.3 is 10.6 Å². The molecule has 0 saturated carbocycles. The smallest absolute Gasteiger partial charge is 0.227 e. The predicted octanol–water partition coefficient (Wildman–Crippen LogP) is 3.90. The van der Waals surface area contributed by atoms with Crippen LogP contribution in [0.5, 0.6) is 0 Å². The molecule has 1 aliphatic rings. The van der Waals surface area contributed by atoms with Crippen molar-refractivity contribution in [3.8, 4) is 0 Å². The highest BCUT2D eigenvalue weighted by Crippen LogP contribution is 2.22. The number of benzene rings is 1. The fourth-order valence-corrected chi connectivity index (χ4v) is 3.87. The first-order valence-corrected chi connectivity index (χ1v) is 10.6. The molecular weight excluding hydrogens is 372 g/mol. The zero-order valence-electron chi connectivity index (χ0n) is 16.7. The lowest BCUT2D eigenvalue weighted by Crippen LogP contribution is -2.37. The minimum Gasteiger partial charge on any atom is -0.326 e. The molecule has 28 heavy (non-hydrogen) atoms. The molecule has 0 atom stereocenters. The fraction of sp³-hybridized carbons (Fsp3) is 0.476. The highest BCUT2D eigenvalue weighted by Gasteiger charge is 2.25. The largest absolute Gasteiger partial charge is 0.326 e. The number of hydrogen-bond donors (Lipinski definition) is 2. The van der Waals surface area contributed by atoms with Gasteiger partial charge in [0.2, 0.25) is 11.8 Å². The van der Waals surface area contributed by atoms with Gasteiger partial charge in [0, 0.05) is 35.1 Å². The van der Waals surface area contributed by atoms with Gasteiger partial charge in [0.05, 0.1) is 10.7 Å². The highest BCUT2D eigenvalue weighted by molar-refractivity contribution is 7.09. The molecule has 0 unspecified atom stereocenters. The summed E-state index contributed by atoms with van der Waals surface area (Å²) >= 11 is 1.68. The van der Waals surface area contributed by atoms with Crippen LogP contribution in [0.25, 0.3) is 0 Å². The van der Waals surface area contributed by atoms with Gasteiger partial charge in [0.25, 0.3) is 0 Å². The Balaban J connectivity index is 1.49. The Bertz CT molecular complexity index is 825. The minimum absolute atomic E-state index is 0.0160. The fourth-order valence-electron chi connectivity index (χ4n) is 3.27. The molecule has 2 heterocycles. The maximum absolute atomic E-state index is 12.6. The van der Waals surface area contributed by atoms with Gasteiger partial charge in [0.1, 0.15) is 0 Å². The van der Waals surface area contributed by atoms with E-state index in [0.29, 0.717) is 11.4 Å². The van der Waals surface area contributed by atoms with Gasteiger partial charge in [-0.3, -0.25) is 14.5 Å². The van der Waals surface area contributed by atoms with E-state index >= 15 is 0 Å². The number of thiazole rings is 1. The number of rotatable bonds is 6. The molecule has 0 spiro atoms. The zero-order chi connectivity index (χ0) is 20.1. The van der Waals surface area contributed by atoms with Crippen LogP contribution in [0.4, 0.5) is 11.4 Å². The van der Waals surface area contributed by atoms with Gasteiger partial charge in [-0.1, -0.05) is 19.9 Å². The number of aromatic nitrogens is 1. The Morgan fingerprint density at radius 2 is 1.89 bits per heavy atom. The summed E-state index contributed by atoms with van der Waals surface area (Å²) in [7, 11) is 0. The summed E-state index contributed by atoms with van der Waals surface area (Å²) in [6, 6.07) is 7.32. The second kappa shape index (κ2) is 9.30. The van der Waals surface area contributed by atoms with Gasteiger partial charge in [-0.15, -0.1) is 11.3 Å². The maximum Gasteiger partial charge on any atom is 0.227 e. The molecule has 7 heteroatoms. The van der Waals surface area contributed by atoms with Crippen LogP contribution in [0.1, 0.15) is 37.4 Å². The molecular formula is C21H28N4O2S. The molecule has 1 saturated heterocycles. The van der Waals surface area contributed by atoms with E-state index in [9.17, 15) is 9.59 Å². The van der Waals surface area contributed by atoms with E-state index in [2.05, 4.69) is 25.9 Å². The lowest BCUT2D eigenvalue weighted by atomic mass is 9.95. The number of hydrogen-bond acceptors (Lipinski definition) is 5. The normalized spacial score (nSPS) is 15.6. The number of aryl methyl sites for hydroxylation is 1. The summed E-state index contributed by atoms with van der Waals surface area (Å²) in [6.07, 6.45) is 1.69. The Labute approximate surface area is 170 Å². The van der Waals surface area contributed by atoms with Crippen molar-refractivity contribution in [2.24, 2.45) is 11.8 Å². The average Bonchev–Trinajstić information content (AvgIpc) is 3.07. The van der Waals surface area contributed by atoms with Crippen molar-refractivity contribution < 1.29 is 9.59 Å². The van der Waals surface area contributed by atoms with Crippen LogP contribution in [-0.4, -0.2) is 34.8 Å². The van der Waals surface area contributed by atoms with E-state index in [1.165, 1.54) is 0 Å². The maximum atomic E-state index is 12.6. The van der Waals surface area contributed by atoms with E-state index in [4.69, 9.17) is 0 Å². The van der Waals surface area contributed by atoms with Crippen LogP contribution in [0.3, 0.4) is 0 Å². The summed E-state index contributed by atoms with van der Waals surface area (Å²) in [5, 5.41) is 9.07. The van der Waals surface area contributed by atoms with Crippen molar-refractivity contribution in [2.75, 3.05) is 23.7 Å². The molecule has 2 aromatic rings. The predicted molar refractivity (Wildman–Crippen MR) is 113 cm³/mol. The third kappa shape index (κ3) is 5.62. The first-order valence-electron chi connectivity index (χ1n) is 9.76. The molecule has 0 radical (unpaired) electrons. The van der Waals surface area contributed by atoms with E-state index < -0.39 is 0 Å². The van der Waals surface area contributed by atoms with E-state index in [-0.39, 0.29) is 23.7 Å². The quantitative estimate of drug-likeness (QED) is 0.771. The summed E-state index contributed by atoms with van der Waals surface area (Å²) in [4.78, 5) is 31.4. The molecule has 6 nitrogen and oxygen atoms in total. The second-order valence-corrected chi connectivity index (χ2v) is 8.68. The number of carbonyl (C=O) groups excluding carboxylic acids is 2. The number of likely N-dealkylation sites (tertiary alicyclic amines) is 1. The molecule has 3 rings (SSSR count). The molecule has 2 N–H and O–H groups in total. The molecule has 2 amide bonds. The molecule has 1 aliphatic heterocycles. The zero-order valence-corrected chi connectivity index (χ0v) is 17.5. The summed E-state index contributed by atoms with van der Waals surface area (Å²) in [6.45, 7) is 8.38. The Morgan fingerprint density at radius 1 is 1.21 bits per heavy atom. The third-order valence-corrected chi connectivity index (χ3v) is 5.75. The van der Waals surface area contributed by atoms with Crippen LogP contribution in [-0.2, 0) is 16.1 Å². The molecule has 1 aromatic heterocycles. The van der Waals surface area contributed by atoms with Gasteiger partial charge >= 0.3 is 0 Å². The van der Waals surface area contributed by atoms with Crippen molar-refractivity contribution in [3.63, 3.8) is 0 Å². The number of anilines is 2. The summed E-state index contributed by atoms with van der Waals surface area (Å²) in [5.74, 6) is -0.0541. The number of amides is 2.